The lowest BCUT2D eigenvalue weighted by Gasteiger charge is -2.22. The van der Waals surface area contributed by atoms with E-state index < -0.39 is 5.97 Å². The van der Waals surface area contributed by atoms with Gasteiger partial charge in [-0.15, -0.1) is 0 Å². The van der Waals surface area contributed by atoms with E-state index in [4.69, 9.17) is 5.11 Å². The van der Waals surface area contributed by atoms with Gasteiger partial charge in [-0.1, -0.05) is 25.7 Å². The predicted molar refractivity (Wildman–Crippen MR) is 98.8 cm³/mol. The molecule has 0 aromatic heterocycles. The van der Waals surface area contributed by atoms with Crippen LogP contribution in [-0.4, -0.2) is 41.6 Å². The van der Waals surface area contributed by atoms with E-state index >= 15 is 0 Å². The summed E-state index contributed by atoms with van der Waals surface area (Å²) in [5.74, 6) is -1.07. The molecule has 0 aromatic carbocycles. The molecule has 2 rings (SSSR count). The van der Waals surface area contributed by atoms with Gasteiger partial charge in [-0.25, -0.2) is 4.79 Å². The van der Waals surface area contributed by atoms with Crippen molar-refractivity contribution in [1.82, 2.24) is 16.0 Å². The molecule has 7 heteroatoms. The Morgan fingerprint density at radius 1 is 0.846 bits per heavy atom. The Bertz CT molecular complexity index is 477. The van der Waals surface area contributed by atoms with Gasteiger partial charge in [-0.05, 0) is 44.9 Å². The smallest absolute Gasteiger partial charge is 0.315 e. The first-order chi connectivity index (χ1) is 12.5. The van der Waals surface area contributed by atoms with E-state index in [1.54, 1.807) is 0 Å². The minimum atomic E-state index is -0.762. The number of carboxylic acids is 1. The summed E-state index contributed by atoms with van der Waals surface area (Å²) in [4.78, 5) is 34.6. The molecule has 0 bridgehead atoms. The van der Waals surface area contributed by atoms with Gasteiger partial charge >= 0.3 is 12.0 Å². The third-order valence-electron chi connectivity index (χ3n) is 5.45. The topological polar surface area (TPSA) is 108 Å². The first kappa shape index (κ1) is 20.5. The normalized spacial score (nSPS) is 23.4. The van der Waals surface area contributed by atoms with Gasteiger partial charge in [0.15, 0.2) is 0 Å². The lowest BCUT2D eigenvalue weighted by molar-refractivity contribution is -0.141. The van der Waals surface area contributed by atoms with E-state index in [0.29, 0.717) is 31.8 Å². The van der Waals surface area contributed by atoms with Crippen LogP contribution in [0.3, 0.4) is 0 Å². The van der Waals surface area contributed by atoms with Crippen LogP contribution in [0.1, 0.15) is 77.0 Å². The van der Waals surface area contributed by atoms with Crippen molar-refractivity contribution in [2.24, 2.45) is 5.92 Å². The van der Waals surface area contributed by atoms with E-state index in [1.165, 1.54) is 19.3 Å². The standard InChI is InChI=1S/C19H33N3O4/c23-17(21-16-11-10-14(13-16)18(24)25)9-5-2-6-12-20-19(26)22-15-7-3-1-4-8-15/h14-16H,1-13H2,(H,21,23)(H,24,25)(H2,20,22,26)/t14-,16+/m0/s1. The zero-order valence-electron chi connectivity index (χ0n) is 15.6. The highest BCUT2D eigenvalue weighted by Gasteiger charge is 2.30. The number of unbranched alkanes of at least 4 members (excludes halogenated alkanes) is 2. The van der Waals surface area contributed by atoms with E-state index in [9.17, 15) is 14.4 Å². The number of carboxylic acid groups (broad SMARTS) is 1. The van der Waals surface area contributed by atoms with Crippen molar-refractivity contribution in [1.29, 1.82) is 0 Å². The lowest BCUT2D eigenvalue weighted by Crippen LogP contribution is -2.43. The van der Waals surface area contributed by atoms with Gasteiger partial charge in [-0.3, -0.25) is 9.59 Å². The molecule has 3 amide bonds. The zero-order valence-corrected chi connectivity index (χ0v) is 15.6. The molecule has 2 saturated carbocycles. The summed E-state index contributed by atoms with van der Waals surface area (Å²) in [5.41, 5.74) is 0. The Kier molecular flexibility index (Phi) is 8.71. The minimum absolute atomic E-state index is 0.00374. The molecular weight excluding hydrogens is 334 g/mol. The lowest BCUT2D eigenvalue weighted by atomic mass is 9.96. The van der Waals surface area contributed by atoms with Crippen molar-refractivity contribution in [3.05, 3.63) is 0 Å². The maximum Gasteiger partial charge on any atom is 0.315 e. The molecule has 0 radical (unpaired) electrons. The van der Waals surface area contributed by atoms with Crippen molar-refractivity contribution in [3.63, 3.8) is 0 Å². The number of hydrogen-bond acceptors (Lipinski definition) is 3. The average molecular weight is 367 g/mol. The number of amides is 3. The van der Waals surface area contributed by atoms with Gasteiger partial charge < -0.3 is 21.1 Å². The molecule has 2 aliphatic rings. The van der Waals surface area contributed by atoms with Crippen molar-refractivity contribution in [2.45, 2.75) is 89.1 Å². The number of nitrogens with one attached hydrogen (secondary N) is 3. The Labute approximate surface area is 155 Å². The summed E-state index contributed by atoms with van der Waals surface area (Å²) in [6.45, 7) is 0.628. The van der Waals surface area contributed by atoms with E-state index in [-0.39, 0.29) is 23.9 Å². The summed E-state index contributed by atoms with van der Waals surface area (Å²) >= 11 is 0. The van der Waals surface area contributed by atoms with Gasteiger partial charge in [0.05, 0.1) is 5.92 Å². The monoisotopic (exact) mass is 367 g/mol. The van der Waals surface area contributed by atoms with Crippen LogP contribution in [0.25, 0.3) is 0 Å². The maximum absolute atomic E-state index is 11.9. The third kappa shape index (κ3) is 7.62. The van der Waals surface area contributed by atoms with E-state index in [2.05, 4.69) is 16.0 Å². The van der Waals surface area contributed by atoms with Gasteiger partial charge in [0, 0.05) is 25.0 Å². The minimum Gasteiger partial charge on any atom is -0.481 e. The maximum atomic E-state index is 11.9. The quantitative estimate of drug-likeness (QED) is 0.470. The first-order valence-electron chi connectivity index (χ1n) is 10.1. The molecule has 2 atom stereocenters. The van der Waals surface area contributed by atoms with Gasteiger partial charge in [0.2, 0.25) is 5.91 Å². The van der Waals surface area contributed by atoms with E-state index in [1.807, 2.05) is 0 Å². The van der Waals surface area contributed by atoms with Crippen LogP contribution in [0.15, 0.2) is 0 Å². The van der Waals surface area contributed by atoms with Crippen LogP contribution in [0, 0.1) is 5.92 Å². The van der Waals surface area contributed by atoms with Crippen LogP contribution in [-0.2, 0) is 9.59 Å². The molecule has 2 aliphatic carbocycles. The molecule has 7 nitrogen and oxygen atoms in total. The fourth-order valence-electron chi connectivity index (χ4n) is 3.91. The second-order valence-corrected chi connectivity index (χ2v) is 7.66. The Morgan fingerprint density at radius 3 is 2.31 bits per heavy atom. The molecule has 0 aliphatic heterocycles. The average Bonchev–Trinajstić information content (AvgIpc) is 3.07. The highest BCUT2D eigenvalue weighted by molar-refractivity contribution is 5.76. The van der Waals surface area contributed by atoms with Crippen molar-refractivity contribution < 1.29 is 19.5 Å². The predicted octanol–water partition coefficient (Wildman–Crippen LogP) is 2.55. The summed E-state index contributed by atoms with van der Waals surface area (Å²) in [6, 6.07) is 0.251. The van der Waals surface area contributed by atoms with Gasteiger partial charge in [0.1, 0.15) is 0 Å². The highest BCUT2D eigenvalue weighted by atomic mass is 16.4. The molecule has 0 spiro atoms. The van der Waals surface area contributed by atoms with Crippen molar-refractivity contribution in [2.75, 3.05) is 6.54 Å². The number of carbonyl (C=O) groups excluding carboxylic acids is 2. The second-order valence-electron chi connectivity index (χ2n) is 7.66. The van der Waals surface area contributed by atoms with Crippen LogP contribution in [0.4, 0.5) is 4.79 Å². The second kappa shape index (κ2) is 11.0. The summed E-state index contributed by atoms with van der Waals surface area (Å²) in [7, 11) is 0. The molecule has 0 heterocycles. The van der Waals surface area contributed by atoms with Crippen LogP contribution in [0.5, 0.6) is 0 Å². The molecule has 0 unspecified atom stereocenters. The molecule has 26 heavy (non-hydrogen) atoms. The molecule has 2 fully saturated rings. The number of aliphatic carboxylic acids is 1. The number of hydrogen-bond donors (Lipinski definition) is 4. The first-order valence-corrected chi connectivity index (χ1v) is 10.1. The van der Waals surface area contributed by atoms with Crippen LogP contribution < -0.4 is 16.0 Å². The fourth-order valence-corrected chi connectivity index (χ4v) is 3.91. The SMILES string of the molecule is O=C(CCCCCNC(=O)NC1CCCCC1)N[C@@H]1CC[C@H](C(=O)O)C1. The molecule has 0 saturated heterocycles. The van der Waals surface area contributed by atoms with Gasteiger partial charge in [0.25, 0.3) is 0 Å². The summed E-state index contributed by atoms with van der Waals surface area (Å²) in [6.07, 6.45) is 10.8. The number of urea groups is 1. The Hall–Kier alpha value is -1.79. The highest BCUT2D eigenvalue weighted by Crippen LogP contribution is 2.25. The molecule has 148 valence electrons. The van der Waals surface area contributed by atoms with Gasteiger partial charge in [-0.2, -0.15) is 0 Å². The Morgan fingerprint density at radius 2 is 1.62 bits per heavy atom. The van der Waals surface area contributed by atoms with Crippen LogP contribution >= 0.6 is 0 Å². The Balaban J connectivity index is 1.44. The van der Waals surface area contributed by atoms with E-state index in [0.717, 1.165) is 38.5 Å². The number of carbonyl (C=O) groups is 3. The fraction of sp³-hybridized carbons (Fsp3) is 0.842. The summed E-state index contributed by atoms with van der Waals surface area (Å²) in [5, 5.41) is 17.8. The third-order valence-corrected chi connectivity index (χ3v) is 5.45. The zero-order chi connectivity index (χ0) is 18.8. The van der Waals surface area contributed by atoms with Crippen LogP contribution in [0.2, 0.25) is 0 Å². The molecule has 0 aromatic rings. The summed E-state index contributed by atoms with van der Waals surface area (Å²) < 4.78 is 0. The van der Waals surface area contributed by atoms with Crippen molar-refractivity contribution >= 4 is 17.9 Å². The largest absolute Gasteiger partial charge is 0.481 e. The van der Waals surface area contributed by atoms with Crippen molar-refractivity contribution in [3.8, 4) is 0 Å². The molecular formula is C19H33N3O4. The number of rotatable bonds is 9. The molecule has 4 N–H and O–H groups in total.